The average Bonchev–Trinajstić information content (AvgIpc) is 2.18. The third-order valence-electron chi connectivity index (χ3n) is 1.42. The van der Waals surface area contributed by atoms with Crippen LogP contribution in [0.4, 0.5) is 13.2 Å². The Morgan fingerprint density at radius 1 is 1.24 bits per heavy atom. The first-order valence-electron chi connectivity index (χ1n) is 4.53. The molecule has 0 saturated carbocycles. The summed E-state index contributed by atoms with van der Waals surface area (Å²) in [6, 6.07) is 0. The lowest BCUT2D eigenvalue weighted by Gasteiger charge is -2.12. The molecule has 1 unspecified atom stereocenters. The molecule has 4 nitrogen and oxygen atoms in total. The molecule has 0 spiro atoms. The Morgan fingerprint density at radius 3 is 2.24 bits per heavy atom. The van der Waals surface area contributed by atoms with Gasteiger partial charge < -0.3 is 14.4 Å². The smallest absolute Gasteiger partial charge is 0.371 e. The van der Waals surface area contributed by atoms with Crippen molar-refractivity contribution in [3.05, 3.63) is 0 Å². The van der Waals surface area contributed by atoms with E-state index < -0.39 is 39.3 Å². The fraction of sp³-hybridized carbons (Fsp3) is 1.00. The molecule has 0 bridgehead atoms. The molecule has 0 fully saturated rings. The molecule has 1 N–H and O–H groups in total. The molecule has 0 heterocycles. The summed E-state index contributed by atoms with van der Waals surface area (Å²) in [4.78, 5) is 9.26. The molecule has 0 rings (SSSR count). The Labute approximate surface area is 114 Å². The molecule has 0 aromatic carbocycles. The molecular weight excluding hydrogens is 395 g/mol. The quantitative estimate of drug-likeness (QED) is 0.361. The Morgan fingerprint density at radius 2 is 1.76 bits per heavy atom. The van der Waals surface area contributed by atoms with Gasteiger partial charge >= 0.3 is 6.18 Å². The largest absolute Gasteiger partial charge is 0.391 e. The number of halogens is 4. The highest BCUT2D eigenvalue weighted by Gasteiger charge is 2.27. The molecule has 104 valence electrons. The van der Waals surface area contributed by atoms with Gasteiger partial charge in [0.05, 0.1) is 19.6 Å². The highest BCUT2D eigenvalue weighted by molar-refractivity contribution is 14.2. The van der Waals surface area contributed by atoms with Gasteiger partial charge in [0.25, 0.3) is 0 Å². The highest BCUT2D eigenvalue weighted by Crippen LogP contribution is 2.40. The summed E-state index contributed by atoms with van der Waals surface area (Å²) in [5.41, 5.74) is 0. The molecule has 0 saturated heterocycles. The number of hydrogen-bond acceptors (Lipinski definition) is 4. The lowest BCUT2D eigenvalue weighted by Crippen LogP contribution is -2.12. The molecule has 0 aliphatic carbocycles. The maximum Gasteiger partial charge on any atom is 0.391 e. The summed E-state index contributed by atoms with van der Waals surface area (Å²) in [6.45, 7) is -0.293. The van der Waals surface area contributed by atoms with E-state index >= 15 is 0 Å². The number of rotatable bonds is 9. The van der Waals surface area contributed by atoms with Crippen LogP contribution in [-0.4, -0.2) is 42.7 Å². The van der Waals surface area contributed by atoms with Crippen molar-refractivity contribution < 1.29 is 32.1 Å². The summed E-state index contributed by atoms with van der Waals surface area (Å²) >= 11 is 2.06. The molecule has 0 aromatic rings. The van der Waals surface area contributed by atoms with Gasteiger partial charge in [-0.05, 0) is 21.2 Å². The van der Waals surface area contributed by atoms with Crippen LogP contribution >= 0.6 is 37.5 Å². The first-order valence-corrected chi connectivity index (χ1v) is 10.1. The molecule has 0 amide bonds. The minimum atomic E-state index is -4.31. The van der Waals surface area contributed by atoms with Gasteiger partial charge in [-0.25, -0.2) is 0 Å². The van der Waals surface area contributed by atoms with E-state index in [1.165, 1.54) is 8.93 Å². The summed E-state index contributed by atoms with van der Waals surface area (Å²) in [7, 11) is -2.14. The summed E-state index contributed by atoms with van der Waals surface area (Å²) in [6.07, 6.45) is -6.44. The number of alkyl halides is 3. The molecular formula is C7H13F3IO4PS. The fourth-order valence-electron chi connectivity index (χ4n) is 0.730. The van der Waals surface area contributed by atoms with Crippen molar-refractivity contribution in [3.63, 3.8) is 0 Å². The Kier molecular flexibility index (Phi) is 9.49. The van der Waals surface area contributed by atoms with Crippen LogP contribution in [0.3, 0.4) is 0 Å². The zero-order valence-corrected chi connectivity index (χ0v) is 12.7. The third-order valence-corrected chi connectivity index (χ3v) is 4.23. The van der Waals surface area contributed by atoms with Crippen LogP contribution in [0.2, 0.25) is 0 Å². The summed E-state index contributed by atoms with van der Waals surface area (Å²) in [5, 5.41) is 0. The van der Waals surface area contributed by atoms with Crippen molar-refractivity contribution >= 4 is 37.5 Å². The molecule has 10 heteroatoms. The monoisotopic (exact) mass is 408 g/mol. The topological polar surface area (TPSA) is 55.8 Å². The van der Waals surface area contributed by atoms with E-state index in [0.717, 1.165) is 0 Å². The lowest BCUT2D eigenvalue weighted by atomic mass is 10.4. The summed E-state index contributed by atoms with van der Waals surface area (Å²) in [5.74, 6) is 0.676. The molecule has 0 aliphatic heterocycles. The zero-order chi connectivity index (χ0) is 13.4. The van der Waals surface area contributed by atoms with Gasteiger partial charge in [-0.1, -0.05) is 8.93 Å². The van der Waals surface area contributed by atoms with Crippen molar-refractivity contribution in [1.29, 1.82) is 0 Å². The van der Waals surface area contributed by atoms with Gasteiger partial charge in [0.2, 0.25) is 7.37 Å². The predicted octanol–water partition coefficient (Wildman–Crippen LogP) is 3.24. The van der Waals surface area contributed by atoms with E-state index in [9.17, 15) is 22.6 Å². The van der Waals surface area contributed by atoms with Crippen LogP contribution in [0.15, 0.2) is 0 Å². The van der Waals surface area contributed by atoms with Crippen molar-refractivity contribution in [2.24, 2.45) is 0 Å². The van der Waals surface area contributed by atoms with E-state index in [1.54, 1.807) is 0 Å². The molecule has 17 heavy (non-hydrogen) atoms. The second-order valence-electron chi connectivity index (χ2n) is 3.10. The molecule has 0 aliphatic rings. The zero-order valence-electron chi connectivity index (χ0n) is 8.78. The number of ether oxygens (including phenoxy) is 2. The average molecular weight is 408 g/mol. The van der Waals surface area contributed by atoms with Gasteiger partial charge in [0.15, 0.2) is 0 Å². The number of hydrogen-bond donors (Lipinski definition) is 1. The van der Waals surface area contributed by atoms with Crippen LogP contribution < -0.4 is 0 Å². The van der Waals surface area contributed by atoms with Crippen molar-refractivity contribution in [2.75, 3.05) is 31.7 Å². The predicted molar refractivity (Wildman–Crippen MR) is 68.6 cm³/mol. The van der Waals surface area contributed by atoms with Crippen molar-refractivity contribution in [1.82, 2.24) is 0 Å². The first kappa shape index (κ1) is 18.0. The van der Waals surface area contributed by atoms with Crippen molar-refractivity contribution in [2.45, 2.75) is 12.6 Å². The summed E-state index contributed by atoms with van der Waals surface area (Å²) < 4.78 is 55.9. The highest BCUT2D eigenvalue weighted by atomic mass is 127. The van der Waals surface area contributed by atoms with Gasteiger partial charge in [-0.3, -0.25) is 4.57 Å². The van der Waals surface area contributed by atoms with Gasteiger partial charge in [-0.15, -0.1) is 0 Å². The first-order chi connectivity index (χ1) is 7.77. The van der Waals surface area contributed by atoms with Crippen LogP contribution in [0, 0.1) is 0 Å². The standard InChI is InChI=1S/C7H13F3IO4PS/c8-7(9,10)1-2-14-5-16(12,13)6-15-3-4-17-11/h1-6H2,(H,12,13). The van der Waals surface area contributed by atoms with E-state index in [-0.39, 0.29) is 0 Å². The Hall–Kier alpha value is 0.980. The van der Waals surface area contributed by atoms with E-state index in [1.807, 2.05) is 0 Å². The fourth-order valence-corrected chi connectivity index (χ4v) is 2.35. The van der Waals surface area contributed by atoms with Crippen LogP contribution in [0.5, 0.6) is 0 Å². The third kappa shape index (κ3) is 13.2. The SMILES string of the molecule is O=P(O)(COCCSI)COCCC(F)(F)F. The normalized spacial score (nSPS) is 15.8. The van der Waals surface area contributed by atoms with Gasteiger partial charge in [-0.2, -0.15) is 13.2 Å². The second-order valence-corrected chi connectivity index (χ2v) is 7.80. The minimum Gasteiger partial charge on any atom is -0.371 e. The van der Waals surface area contributed by atoms with Gasteiger partial charge in [0, 0.05) is 5.75 Å². The molecule has 0 radical (unpaired) electrons. The lowest BCUT2D eigenvalue weighted by molar-refractivity contribution is -0.144. The maximum atomic E-state index is 11.7. The van der Waals surface area contributed by atoms with Crippen LogP contribution in [0.1, 0.15) is 6.42 Å². The van der Waals surface area contributed by atoms with E-state index in [2.05, 4.69) is 25.9 Å². The Balaban J connectivity index is 3.60. The van der Waals surface area contributed by atoms with E-state index in [0.29, 0.717) is 12.4 Å². The molecule has 0 aromatic heterocycles. The second kappa shape index (κ2) is 8.98. The van der Waals surface area contributed by atoms with Gasteiger partial charge in [0.1, 0.15) is 12.7 Å². The Bertz CT molecular complexity index is 254. The van der Waals surface area contributed by atoms with Crippen LogP contribution in [0.25, 0.3) is 0 Å². The minimum absolute atomic E-state index is 0.320. The van der Waals surface area contributed by atoms with Crippen molar-refractivity contribution in [3.8, 4) is 0 Å². The maximum absolute atomic E-state index is 11.7. The van der Waals surface area contributed by atoms with Crippen LogP contribution in [-0.2, 0) is 14.0 Å². The molecule has 1 atom stereocenters. The van der Waals surface area contributed by atoms with E-state index in [4.69, 9.17) is 4.74 Å².